The minimum Gasteiger partial charge on any atom is -0.479 e. The van der Waals surface area contributed by atoms with Crippen molar-refractivity contribution < 1.29 is 14.1 Å². The molecule has 3 aliphatic rings. The van der Waals surface area contributed by atoms with Crippen LogP contribution in [-0.4, -0.2) is 43.0 Å². The molecule has 0 amide bonds. The van der Waals surface area contributed by atoms with Gasteiger partial charge in [0.1, 0.15) is 0 Å². The summed E-state index contributed by atoms with van der Waals surface area (Å²) >= 11 is 0. The molecule has 4 heterocycles. The van der Waals surface area contributed by atoms with E-state index >= 15 is 0 Å². The van der Waals surface area contributed by atoms with E-state index in [0.29, 0.717) is 17.6 Å². The Hall–Kier alpha value is -1.27. The maximum Gasteiger partial charge on any atom is 0.254 e. The van der Waals surface area contributed by atoms with Crippen molar-refractivity contribution in [3.05, 3.63) is 11.8 Å². The molecule has 2 bridgehead atoms. The fraction of sp³-hybridized carbons (Fsp3) is 0.692. The Kier molecular flexibility index (Phi) is 5.25. The summed E-state index contributed by atoms with van der Waals surface area (Å²) in [5, 5.41) is 7.76. The van der Waals surface area contributed by atoms with Gasteiger partial charge in [-0.2, -0.15) is 0 Å². The van der Waals surface area contributed by atoms with Crippen LogP contribution in [0.3, 0.4) is 0 Å². The fourth-order valence-corrected chi connectivity index (χ4v) is 2.86. The highest BCUT2D eigenvalue weighted by molar-refractivity contribution is 5.85. The average Bonchev–Trinajstić information content (AvgIpc) is 2.93. The molecule has 0 N–H and O–H groups in total. The van der Waals surface area contributed by atoms with Gasteiger partial charge < -0.3 is 19.0 Å². The van der Waals surface area contributed by atoms with Crippen molar-refractivity contribution in [2.45, 2.75) is 19.4 Å². The minimum atomic E-state index is 0. The lowest BCUT2D eigenvalue weighted by Gasteiger charge is -2.43. The van der Waals surface area contributed by atoms with Gasteiger partial charge in [0.25, 0.3) is 5.88 Å². The molecule has 7 heteroatoms. The Morgan fingerprint density at radius 3 is 2.90 bits per heavy atom. The number of nitrogens with zero attached hydrogens (tertiary/aromatic N) is 3. The zero-order chi connectivity index (χ0) is 13.1. The van der Waals surface area contributed by atoms with Crippen LogP contribution in [0, 0.1) is 11.8 Å². The maximum absolute atomic E-state index is 5.25. The van der Waals surface area contributed by atoms with Crippen molar-refractivity contribution in [2.75, 3.05) is 26.7 Å². The molecule has 0 radical (unpaired) electrons. The van der Waals surface area contributed by atoms with Gasteiger partial charge in [0.05, 0.1) is 7.11 Å². The number of hydrogen-bond donors (Lipinski definition) is 0. The third-order valence-electron chi connectivity index (χ3n) is 3.99. The van der Waals surface area contributed by atoms with Crippen molar-refractivity contribution in [3.63, 3.8) is 0 Å². The zero-order valence-electron chi connectivity index (χ0n) is 11.5. The van der Waals surface area contributed by atoms with E-state index in [4.69, 9.17) is 14.1 Å². The van der Waals surface area contributed by atoms with Crippen LogP contribution in [0.25, 0.3) is 0 Å². The lowest BCUT2D eigenvalue weighted by atomic mass is 9.80. The van der Waals surface area contributed by atoms with Gasteiger partial charge in [0.15, 0.2) is 12.4 Å². The van der Waals surface area contributed by atoms with Gasteiger partial charge in [-0.05, 0) is 37.0 Å². The number of methoxy groups -OCH3 is 1. The van der Waals surface area contributed by atoms with E-state index in [1.807, 2.05) is 6.21 Å². The molecule has 112 valence electrons. The van der Waals surface area contributed by atoms with E-state index in [0.717, 1.165) is 12.5 Å². The van der Waals surface area contributed by atoms with E-state index in [1.54, 1.807) is 13.2 Å². The van der Waals surface area contributed by atoms with Gasteiger partial charge in [0, 0.05) is 24.7 Å². The van der Waals surface area contributed by atoms with Crippen LogP contribution in [-0.2, 0) is 11.4 Å². The van der Waals surface area contributed by atoms with Gasteiger partial charge in [-0.1, -0.05) is 5.16 Å². The summed E-state index contributed by atoms with van der Waals surface area (Å²) in [6.07, 6.45) is 4.52. The van der Waals surface area contributed by atoms with E-state index in [-0.39, 0.29) is 19.0 Å². The first-order valence-corrected chi connectivity index (χ1v) is 6.72. The number of aromatic nitrogens is 1. The number of hydrogen-bond acceptors (Lipinski definition) is 6. The number of piperidine rings is 3. The Bertz CT molecular complexity index is 444. The molecule has 0 spiro atoms. The lowest BCUT2D eigenvalue weighted by Crippen LogP contribution is -2.47. The van der Waals surface area contributed by atoms with E-state index in [1.165, 1.54) is 25.9 Å². The normalized spacial score (nSPS) is 28.4. The highest BCUT2D eigenvalue weighted by atomic mass is 35.5. The molecule has 4 rings (SSSR count). The van der Waals surface area contributed by atoms with Crippen LogP contribution in [0.2, 0.25) is 0 Å². The molecule has 0 aromatic carbocycles. The molecular formula is C13H20ClN3O3. The highest BCUT2D eigenvalue weighted by Crippen LogP contribution is 2.31. The van der Waals surface area contributed by atoms with Crippen LogP contribution >= 0.6 is 12.4 Å². The Labute approximate surface area is 124 Å². The predicted octanol–water partition coefficient (Wildman–Crippen LogP) is 1.95. The van der Waals surface area contributed by atoms with E-state index in [2.05, 4.69) is 15.2 Å². The summed E-state index contributed by atoms with van der Waals surface area (Å²) in [6, 6.07) is 1.70. The molecule has 1 unspecified atom stereocenters. The highest BCUT2D eigenvalue weighted by Gasteiger charge is 2.33. The standard InChI is InChI=1S/C13H19N3O3.ClH/c1-17-13-6-12(19-15-13)9-18-14-7-11-8-16-4-2-10(11)3-5-16;/h6-7,10-11H,2-5,8-9H2,1H3;1H. The van der Waals surface area contributed by atoms with Gasteiger partial charge >= 0.3 is 0 Å². The van der Waals surface area contributed by atoms with Crippen molar-refractivity contribution in [1.82, 2.24) is 10.1 Å². The molecule has 6 nitrogen and oxygen atoms in total. The number of oxime groups is 1. The van der Waals surface area contributed by atoms with Crippen LogP contribution in [0.5, 0.6) is 5.88 Å². The second-order valence-corrected chi connectivity index (χ2v) is 5.17. The average molecular weight is 302 g/mol. The second kappa shape index (κ2) is 6.95. The number of rotatable bonds is 5. The summed E-state index contributed by atoms with van der Waals surface area (Å²) in [4.78, 5) is 7.75. The smallest absolute Gasteiger partial charge is 0.254 e. The van der Waals surface area contributed by atoms with Crippen molar-refractivity contribution in [2.24, 2.45) is 17.0 Å². The topological polar surface area (TPSA) is 60.1 Å². The number of halogens is 1. The van der Waals surface area contributed by atoms with E-state index < -0.39 is 0 Å². The fourth-order valence-electron chi connectivity index (χ4n) is 2.86. The van der Waals surface area contributed by atoms with Gasteiger partial charge in [0.2, 0.25) is 0 Å². The molecule has 0 aliphatic carbocycles. The number of ether oxygens (including phenoxy) is 1. The van der Waals surface area contributed by atoms with Crippen molar-refractivity contribution >= 4 is 18.6 Å². The summed E-state index contributed by atoms with van der Waals surface area (Å²) in [7, 11) is 1.55. The maximum atomic E-state index is 5.25. The quantitative estimate of drug-likeness (QED) is 0.614. The largest absolute Gasteiger partial charge is 0.479 e. The van der Waals surface area contributed by atoms with Crippen LogP contribution in [0.1, 0.15) is 18.6 Å². The molecule has 0 saturated carbocycles. The summed E-state index contributed by atoms with van der Waals surface area (Å²) in [5.74, 6) is 2.39. The molecule has 1 aromatic rings. The third-order valence-corrected chi connectivity index (χ3v) is 3.99. The second-order valence-electron chi connectivity index (χ2n) is 5.17. The SMILES string of the molecule is COc1cc(CON=CC2CN3CCC2CC3)on1.Cl. The Balaban J connectivity index is 0.00000147. The van der Waals surface area contributed by atoms with Crippen molar-refractivity contribution in [3.8, 4) is 5.88 Å². The first-order chi connectivity index (χ1) is 9.35. The Morgan fingerprint density at radius 1 is 1.50 bits per heavy atom. The van der Waals surface area contributed by atoms with Crippen LogP contribution in [0.4, 0.5) is 0 Å². The lowest BCUT2D eigenvalue weighted by molar-refractivity contribution is 0.0762. The zero-order valence-corrected chi connectivity index (χ0v) is 12.3. The Morgan fingerprint density at radius 2 is 2.30 bits per heavy atom. The predicted molar refractivity (Wildman–Crippen MR) is 76.2 cm³/mol. The molecule has 1 aromatic heterocycles. The van der Waals surface area contributed by atoms with Crippen LogP contribution in [0.15, 0.2) is 15.7 Å². The number of fused-ring (bicyclic) bond motifs is 3. The molecule has 1 atom stereocenters. The minimum absolute atomic E-state index is 0. The van der Waals surface area contributed by atoms with Gasteiger partial charge in [-0.25, -0.2) is 0 Å². The summed E-state index contributed by atoms with van der Waals surface area (Å²) in [5.41, 5.74) is 0. The summed E-state index contributed by atoms with van der Waals surface area (Å²) < 4.78 is 9.94. The first-order valence-electron chi connectivity index (χ1n) is 6.72. The molecule has 3 saturated heterocycles. The molecular weight excluding hydrogens is 282 g/mol. The molecule has 20 heavy (non-hydrogen) atoms. The summed E-state index contributed by atoms with van der Waals surface area (Å²) in [6.45, 7) is 3.89. The first kappa shape index (κ1) is 15.1. The monoisotopic (exact) mass is 301 g/mol. The van der Waals surface area contributed by atoms with Crippen LogP contribution < -0.4 is 4.74 Å². The third kappa shape index (κ3) is 3.43. The molecule has 3 aliphatic heterocycles. The molecule has 3 fully saturated rings. The van der Waals surface area contributed by atoms with Crippen molar-refractivity contribution in [1.29, 1.82) is 0 Å². The van der Waals surface area contributed by atoms with Gasteiger partial charge in [-0.3, -0.25) is 0 Å². The van der Waals surface area contributed by atoms with Gasteiger partial charge in [-0.15, -0.1) is 12.4 Å². The van der Waals surface area contributed by atoms with E-state index in [9.17, 15) is 0 Å².